The quantitative estimate of drug-likeness (QED) is 0.475. The second-order valence-electron chi connectivity index (χ2n) is 9.94. The van der Waals surface area contributed by atoms with Crippen molar-refractivity contribution in [1.82, 2.24) is 0 Å². The van der Waals surface area contributed by atoms with E-state index >= 15 is 0 Å². The molecule has 0 amide bonds. The zero-order chi connectivity index (χ0) is 20.5. The van der Waals surface area contributed by atoms with Crippen LogP contribution in [0.1, 0.15) is 65.7 Å². The van der Waals surface area contributed by atoms with Gasteiger partial charge >= 0.3 is 5.97 Å². The normalized spacial score (nSPS) is 50.2. The zero-order valence-corrected chi connectivity index (χ0v) is 17.1. The number of terminal acetylenes is 1. The number of rotatable bonds is 1. The van der Waals surface area contributed by atoms with Gasteiger partial charge in [0, 0.05) is 12.3 Å². The molecule has 0 radical (unpaired) electrons. The maximum absolute atomic E-state index is 11.6. The Labute approximate surface area is 167 Å². The lowest BCUT2D eigenvalue weighted by atomic mass is 9.46. The number of esters is 1. The maximum atomic E-state index is 11.6. The number of carbonyl (C=O) groups excluding carboxylic acids is 1. The van der Waals surface area contributed by atoms with Crippen LogP contribution in [-0.4, -0.2) is 39.1 Å². The molecule has 5 nitrogen and oxygen atoms in total. The van der Waals surface area contributed by atoms with Crippen LogP contribution in [0, 0.1) is 40.9 Å². The molecule has 0 spiro atoms. The molecule has 3 N–H and O–H groups in total. The zero-order valence-electron chi connectivity index (χ0n) is 17.1. The summed E-state index contributed by atoms with van der Waals surface area (Å²) in [5, 5.41) is 32.2. The van der Waals surface area contributed by atoms with Crippen LogP contribution >= 0.6 is 0 Å². The first-order chi connectivity index (χ1) is 13.1. The van der Waals surface area contributed by atoms with E-state index in [1.165, 1.54) is 6.92 Å². The van der Waals surface area contributed by atoms with Gasteiger partial charge in [0.1, 0.15) is 11.9 Å². The molecule has 0 aromatic rings. The van der Waals surface area contributed by atoms with Crippen molar-refractivity contribution in [2.24, 2.45) is 28.6 Å². The molecule has 5 heteroatoms. The summed E-state index contributed by atoms with van der Waals surface area (Å²) in [5.74, 6) is 3.52. The highest BCUT2D eigenvalue weighted by molar-refractivity contribution is 5.67. The van der Waals surface area contributed by atoms with Gasteiger partial charge in [-0.2, -0.15) is 0 Å². The summed E-state index contributed by atoms with van der Waals surface area (Å²) in [6.07, 6.45) is 9.43. The standard InChI is InChI=1S/C23H32O5/c1-5-23(27)19(26)12-17-14-6-7-16-20(28-13(2)24)18(25)9-10-21(16,3)15(14)8-11-22(17,23)4/h1,14-15,17-19,25-27H,6-12H2,2-4H3/t14-,15+,17+,18+,19-,21-,22+,23+/m1/s1. The second-order valence-corrected chi connectivity index (χ2v) is 9.94. The molecule has 4 aliphatic carbocycles. The van der Waals surface area contributed by atoms with Gasteiger partial charge in [-0.15, -0.1) is 6.42 Å². The summed E-state index contributed by atoms with van der Waals surface area (Å²) in [6.45, 7) is 5.67. The van der Waals surface area contributed by atoms with Gasteiger partial charge in [-0.1, -0.05) is 19.8 Å². The number of ether oxygens (including phenoxy) is 1. The van der Waals surface area contributed by atoms with Crippen molar-refractivity contribution < 1.29 is 24.9 Å². The lowest BCUT2D eigenvalue weighted by Gasteiger charge is -2.59. The van der Waals surface area contributed by atoms with E-state index in [0.717, 1.165) is 37.7 Å². The molecule has 0 aromatic carbocycles. The predicted molar refractivity (Wildman–Crippen MR) is 104 cm³/mol. The van der Waals surface area contributed by atoms with Gasteiger partial charge in [0.25, 0.3) is 0 Å². The second kappa shape index (κ2) is 6.32. The smallest absolute Gasteiger partial charge is 0.307 e. The van der Waals surface area contributed by atoms with E-state index in [0.29, 0.717) is 30.4 Å². The topological polar surface area (TPSA) is 87.0 Å². The van der Waals surface area contributed by atoms with E-state index in [9.17, 15) is 20.1 Å². The van der Waals surface area contributed by atoms with E-state index < -0.39 is 23.2 Å². The fourth-order valence-electron chi connectivity index (χ4n) is 7.38. The van der Waals surface area contributed by atoms with E-state index in [2.05, 4.69) is 12.8 Å². The van der Waals surface area contributed by atoms with Crippen molar-refractivity contribution >= 4 is 5.97 Å². The molecule has 0 heterocycles. The number of fused-ring (bicyclic) bond motifs is 5. The highest BCUT2D eigenvalue weighted by atomic mass is 16.5. The Bertz CT molecular complexity index is 765. The highest BCUT2D eigenvalue weighted by Gasteiger charge is 2.67. The van der Waals surface area contributed by atoms with Crippen LogP contribution < -0.4 is 0 Å². The molecule has 0 saturated heterocycles. The molecule has 8 atom stereocenters. The minimum atomic E-state index is -1.47. The molecular weight excluding hydrogens is 356 g/mol. The Morgan fingerprint density at radius 1 is 1.18 bits per heavy atom. The Morgan fingerprint density at radius 3 is 2.54 bits per heavy atom. The Kier molecular flexibility index (Phi) is 4.50. The van der Waals surface area contributed by atoms with Gasteiger partial charge in [-0.25, -0.2) is 0 Å². The lowest BCUT2D eigenvalue weighted by Crippen LogP contribution is -2.56. The average Bonchev–Trinajstić information content (AvgIpc) is 2.85. The number of aliphatic hydroxyl groups excluding tert-OH is 2. The van der Waals surface area contributed by atoms with Crippen molar-refractivity contribution in [2.75, 3.05) is 0 Å². The molecular formula is C23H32O5. The van der Waals surface area contributed by atoms with Crippen LogP contribution in [0.15, 0.2) is 11.3 Å². The van der Waals surface area contributed by atoms with E-state index in [-0.39, 0.29) is 17.3 Å². The summed E-state index contributed by atoms with van der Waals surface area (Å²) in [4.78, 5) is 11.6. The highest BCUT2D eigenvalue weighted by Crippen LogP contribution is 2.68. The first-order valence-electron chi connectivity index (χ1n) is 10.6. The molecule has 28 heavy (non-hydrogen) atoms. The number of allylic oxidation sites excluding steroid dienone is 1. The first kappa shape index (κ1) is 19.9. The molecule has 154 valence electrons. The van der Waals surface area contributed by atoms with Gasteiger partial charge < -0.3 is 20.1 Å². The lowest BCUT2D eigenvalue weighted by molar-refractivity contribution is -0.141. The molecule has 3 saturated carbocycles. The number of hydrogen-bond donors (Lipinski definition) is 3. The van der Waals surface area contributed by atoms with Crippen LogP contribution in [0.3, 0.4) is 0 Å². The SMILES string of the molecule is C#C[C@]1(O)[C@H](O)C[C@H]2[C@@H]3CCC4=C(OC(C)=O)[C@@H](O)CC[C@]4(C)[C@H]3CC[C@@]21C. The minimum Gasteiger partial charge on any atom is -0.428 e. The monoisotopic (exact) mass is 388 g/mol. The molecule has 4 rings (SSSR count). The number of aliphatic hydroxyl groups is 3. The van der Waals surface area contributed by atoms with Gasteiger partial charge in [0.2, 0.25) is 0 Å². The van der Waals surface area contributed by atoms with Crippen LogP contribution in [0.5, 0.6) is 0 Å². The van der Waals surface area contributed by atoms with Gasteiger partial charge in [0.15, 0.2) is 5.60 Å². The van der Waals surface area contributed by atoms with Crippen LogP contribution in [0.2, 0.25) is 0 Å². The third-order valence-electron chi connectivity index (χ3n) is 8.90. The third kappa shape index (κ3) is 2.41. The minimum absolute atomic E-state index is 0.129. The van der Waals surface area contributed by atoms with E-state index in [4.69, 9.17) is 11.2 Å². The van der Waals surface area contributed by atoms with Crippen LogP contribution in [0.4, 0.5) is 0 Å². The molecule has 4 aliphatic rings. The maximum Gasteiger partial charge on any atom is 0.307 e. The van der Waals surface area contributed by atoms with Crippen LogP contribution in [0.25, 0.3) is 0 Å². The molecule has 0 bridgehead atoms. The van der Waals surface area contributed by atoms with Crippen molar-refractivity contribution in [2.45, 2.75) is 83.5 Å². The Balaban J connectivity index is 1.72. The fraction of sp³-hybridized carbons (Fsp3) is 0.783. The summed E-state index contributed by atoms with van der Waals surface area (Å²) in [6, 6.07) is 0. The fourth-order valence-corrected chi connectivity index (χ4v) is 7.38. The summed E-state index contributed by atoms with van der Waals surface area (Å²) < 4.78 is 5.48. The van der Waals surface area contributed by atoms with Gasteiger partial charge in [-0.3, -0.25) is 4.79 Å². The predicted octanol–water partition coefficient (Wildman–Crippen LogP) is 2.54. The largest absolute Gasteiger partial charge is 0.428 e. The summed E-state index contributed by atoms with van der Waals surface area (Å²) in [7, 11) is 0. The van der Waals surface area contributed by atoms with Crippen molar-refractivity contribution in [3.8, 4) is 12.3 Å². The molecule has 3 fully saturated rings. The third-order valence-corrected chi connectivity index (χ3v) is 8.90. The summed E-state index contributed by atoms with van der Waals surface area (Å²) in [5.41, 5.74) is -0.981. The van der Waals surface area contributed by atoms with Crippen molar-refractivity contribution in [3.63, 3.8) is 0 Å². The Morgan fingerprint density at radius 2 is 1.89 bits per heavy atom. The molecule has 0 aromatic heterocycles. The first-order valence-corrected chi connectivity index (χ1v) is 10.6. The van der Waals surface area contributed by atoms with Gasteiger partial charge in [-0.05, 0) is 73.7 Å². The van der Waals surface area contributed by atoms with Crippen molar-refractivity contribution in [3.05, 3.63) is 11.3 Å². The summed E-state index contributed by atoms with van der Waals surface area (Å²) >= 11 is 0. The van der Waals surface area contributed by atoms with E-state index in [1.54, 1.807) is 0 Å². The Hall–Kier alpha value is -1.35. The van der Waals surface area contributed by atoms with Crippen molar-refractivity contribution in [1.29, 1.82) is 0 Å². The molecule has 0 aliphatic heterocycles. The number of hydrogen-bond acceptors (Lipinski definition) is 5. The van der Waals surface area contributed by atoms with E-state index in [1.807, 2.05) is 6.92 Å². The number of carbonyl (C=O) groups is 1. The van der Waals surface area contributed by atoms with Gasteiger partial charge in [0.05, 0.1) is 6.10 Å². The van der Waals surface area contributed by atoms with Crippen LogP contribution in [-0.2, 0) is 9.53 Å². The molecule has 0 unspecified atom stereocenters. The average molecular weight is 389 g/mol.